The lowest BCUT2D eigenvalue weighted by molar-refractivity contribution is 0.00578. The van der Waals surface area contributed by atoms with Gasteiger partial charge < -0.3 is 24.3 Å². The maximum absolute atomic E-state index is 13.3. The molecule has 4 rings (SSSR count). The maximum atomic E-state index is 13.3. The Labute approximate surface area is 215 Å². The molecule has 0 unspecified atom stereocenters. The third-order valence-corrected chi connectivity index (χ3v) is 7.50. The first kappa shape index (κ1) is 26.5. The number of nitrogens with zero attached hydrogens (tertiary/aromatic N) is 1. The van der Waals surface area contributed by atoms with Crippen LogP contribution in [0.15, 0.2) is 36.4 Å². The fourth-order valence-corrected chi connectivity index (χ4v) is 4.68. The molecule has 2 aromatic carbocycles. The van der Waals surface area contributed by atoms with Crippen LogP contribution in [-0.4, -0.2) is 60.5 Å². The molecule has 2 fully saturated rings. The van der Waals surface area contributed by atoms with Crippen LogP contribution in [-0.2, 0) is 14.0 Å². The lowest BCUT2D eigenvalue weighted by Crippen LogP contribution is -2.42. The number of likely N-dealkylation sites (tertiary alicyclic amines) is 1. The summed E-state index contributed by atoms with van der Waals surface area (Å²) in [6.07, 6.45) is 1.31. The zero-order chi connectivity index (χ0) is 26.3. The van der Waals surface area contributed by atoms with Crippen LogP contribution in [0.2, 0.25) is 0 Å². The number of alkyl carbamates (subject to hydrolysis) is 1. The fraction of sp³-hybridized carbons (Fsp3) is 0.571. The molecule has 0 radical (unpaired) electrons. The molecule has 2 amide bonds. The Morgan fingerprint density at radius 1 is 1.06 bits per heavy atom. The van der Waals surface area contributed by atoms with Gasteiger partial charge in [-0.3, -0.25) is 4.79 Å². The van der Waals surface area contributed by atoms with Crippen LogP contribution in [0.5, 0.6) is 0 Å². The monoisotopic (exact) mass is 494 g/mol. The predicted molar refractivity (Wildman–Crippen MR) is 143 cm³/mol. The van der Waals surface area contributed by atoms with Gasteiger partial charge in [-0.05, 0) is 95.6 Å². The van der Waals surface area contributed by atoms with Gasteiger partial charge in [-0.2, -0.15) is 0 Å². The topological polar surface area (TPSA) is 77.1 Å². The van der Waals surface area contributed by atoms with Crippen molar-refractivity contribution in [3.05, 3.63) is 42.0 Å². The van der Waals surface area contributed by atoms with Crippen LogP contribution >= 0.6 is 0 Å². The molecule has 194 valence electrons. The molecule has 8 heteroatoms. The van der Waals surface area contributed by atoms with Crippen LogP contribution in [0.3, 0.4) is 0 Å². The van der Waals surface area contributed by atoms with Crippen molar-refractivity contribution in [3.8, 4) is 0 Å². The molecule has 0 bridgehead atoms. The molecule has 2 saturated heterocycles. The molecule has 0 aromatic heterocycles. The van der Waals surface area contributed by atoms with Crippen molar-refractivity contribution in [2.45, 2.75) is 78.1 Å². The van der Waals surface area contributed by atoms with Gasteiger partial charge in [0.1, 0.15) is 5.60 Å². The van der Waals surface area contributed by atoms with Crippen LogP contribution in [0, 0.1) is 5.92 Å². The highest BCUT2D eigenvalue weighted by Crippen LogP contribution is 2.37. The van der Waals surface area contributed by atoms with E-state index in [1.807, 2.05) is 89.8 Å². The fourth-order valence-electron chi connectivity index (χ4n) is 4.68. The van der Waals surface area contributed by atoms with E-state index in [2.05, 4.69) is 5.32 Å². The second-order valence-corrected chi connectivity index (χ2v) is 12.0. The standard InChI is InChI=1S/C28H39BN2O5/c1-26(2,3)34-25(33)30-18-19-13-15-31(16-14-19)24(32)21-11-12-22-20(17-21)9-8-10-23(22)29-35-27(4,5)28(6,7)36-29/h8-12,17,19H,13-16,18H2,1-7H3,(H,30,33). The molecule has 2 aliphatic rings. The Kier molecular flexibility index (Phi) is 7.14. The summed E-state index contributed by atoms with van der Waals surface area (Å²) in [7, 11) is -0.450. The number of benzene rings is 2. The number of carbonyl (C=O) groups excluding carboxylic acids is 2. The molecule has 7 nitrogen and oxygen atoms in total. The van der Waals surface area contributed by atoms with E-state index in [1.165, 1.54) is 0 Å². The third kappa shape index (κ3) is 5.70. The average Bonchev–Trinajstić information content (AvgIpc) is 3.02. The SMILES string of the molecule is CC(C)(C)OC(=O)NCC1CCN(C(=O)c2ccc3c(B4OC(C)(C)C(C)(C)O4)cccc3c2)CC1. The number of carbonyl (C=O) groups is 2. The lowest BCUT2D eigenvalue weighted by atomic mass is 9.76. The highest BCUT2D eigenvalue weighted by atomic mass is 16.7. The smallest absolute Gasteiger partial charge is 0.444 e. The highest BCUT2D eigenvalue weighted by molar-refractivity contribution is 6.65. The molecule has 0 atom stereocenters. The molecule has 1 N–H and O–H groups in total. The molecule has 0 aliphatic carbocycles. The Balaban J connectivity index is 1.39. The molecule has 36 heavy (non-hydrogen) atoms. The first-order valence-electron chi connectivity index (χ1n) is 12.9. The van der Waals surface area contributed by atoms with E-state index in [0.717, 1.165) is 29.1 Å². The van der Waals surface area contributed by atoms with Crippen LogP contribution in [0.4, 0.5) is 4.79 Å². The minimum atomic E-state index is -0.509. The van der Waals surface area contributed by atoms with Gasteiger partial charge in [0.15, 0.2) is 0 Å². The van der Waals surface area contributed by atoms with Crippen molar-refractivity contribution in [2.75, 3.05) is 19.6 Å². The van der Waals surface area contributed by atoms with E-state index in [-0.39, 0.29) is 5.91 Å². The summed E-state index contributed by atoms with van der Waals surface area (Å²) >= 11 is 0. The van der Waals surface area contributed by atoms with Crippen LogP contribution in [0.1, 0.15) is 71.7 Å². The first-order chi connectivity index (χ1) is 16.8. The summed E-state index contributed by atoms with van der Waals surface area (Å²) < 4.78 is 17.8. The van der Waals surface area contributed by atoms with Gasteiger partial charge in [0, 0.05) is 25.2 Å². The van der Waals surface area contributed by atoms with Crippen molar-refractivity contribution < 1.29 is 23.6 Å². The quantitative estimate of drug-likeness (QED) is 0.633. The Morgan fingerprint density at radius 3 is 2.31 bits per heavy atom. The number of rotatable bonds is 4. The Morgan fingerprint density at radius 2 is 1.69 bits per heavy atom. The zero-order valence-corrected chi connectivity index (χ0v) is 22.6. The van der Waals surface area contributed by atoms with Crippen molar-refractivity contribution >= 4 is 35.4 Å². The second-order valence-electron chi connectivity index (χ2n) is 12.0. The number of fused-ring (bicyclic) bond motifs is 1. The van der Waals surface area contributed by atoms with Gasteiger partial charge >= 0.3 is 13.2 Å². The van der Waals surface area contributed by atoms with E-state index in [0.29, 0.717) is 31.1 Å². The summed E-state index contributed by atoms with van der Waals surface area (Å²) in [6, 6.07) is 11.9. The van der Waals surface area contributed by atoms with Gasteiger partial charge in [0.2, 0.25) is 0 Å². The molecule has 2 heterocycles. The van der Waals surface area contributed by atoms with Crippen molar-refractivity contribution in [1.82, 2.24) is 10.2 Å². The number of hydrogen-bond acceptors (Lipinski definition) is 5. The number of nitrogens with one attached hydrogen (secondary N) is 1. The zero-order valence-electron chi connectivity index (χ0n) is 22.6. The molecule has 0 saturated carbocycles. The van der Waals surface area contributed by atoms with Crippen molar-refractivity contribution in [2.24, 2.45) is 5.92 Å². The summed E-state index contributed by atoms with van der Waals surface area (Å²) in [5, 5.41) is 4.88. The summed E-state index contributed by atoms with van der Waals surface area (Å²) in [4.78, 5) is 27.1. The van der Waals surface area contributed by atoms with Crippen LogP contribution in [0.25, 0.3) is 10.8 Å². The van der Waals surface area contributed by atoms with Gasteiger partial charge in [-0.15, -0.1) is 0 Å². The van der Waals surface area contributed by atoms with E-state index in [4.69, 9.17) is 14.0 Å². The van der Waals surface area contributed by atoms with Crippen molar-refractivity contribution in [1.29, 1.82) is 0 Å². The summed E-state index contributed by atoms with van der Waals surface area (Å²) in [5.41, 5.74) is 0.321. The van der Waals surface area contributed by atoms with E-state index < -0.39 is 30.0 Å². The highest BCUT2D eigenvalue weighted by Gasteiger charge is 2.52. The largest absolute Gasteiger partial charge is 0.495 e. The molecule has 0 spiro atoms. The number of amides is 2. The molecular weight excluding hydrogens is 455 g/mol. The average molecular weight is 494 g/mol. The second kappa shape index (κ2) is 9.71. The maximum Gasteiger partial charge on any atom is 0.495 e. The molecular formula is C28H39BN2O5. The van der Waals surface area contributed by atoms with Gasteiger partial charge in [-0.1, -0.05) is 24.3 Å². The van der Waals surface area contributed by atoms with Gasteiger partial charge in [0.05, 0.1) is 11.2 Å². The van der Waals surface area contributed by atoms with Crippen LogP contribution < -0.4 is 10.8 Å². The molecule has 2 aromatic rings. The van der Waals surface area contributed by atoms with Gasteiger partial charge in [-0.25, -0.2) is 4.79 Å². The third-order valence-electron chi connectivity index (χ3n) is 7.50. The first-order valence-corrected chi connectivity index (χ1v) is 12.9. The van der Waals surface area contributed by atoms with Crippen molar-refractivity contribution in [3.63, 3.8) is 0 Å². The molecule has 2 aliphatic heterocycles. The Hall–Kier alpha value is -2.58. The normalized spacial score (nSPS) is 20.0. The summed E-state index contributed by atoms with van der Waals surface area (Å²) in [5.74, 6) is 0.372. The number of hydrogen-bond donors (Lipinski definition) is 1. The van der Waals surface area contributed by atoms with E-state index >= 15 is 0 Å². The van der Waals surface area contributed by atoms with E-state index in [1.54, 1.807) is 0 Å². The summed E-state index contributed by atoms with van der Waals surface area (Å²) in [6.45, 7) is 15.6. The van der Waals surface area contributed by atoms with Gasteiger partial charge in [0.25, 0.3) is 5.91 Å². The predicted octanol–water partition coefficient (Wildman–Crippen LogP) is 4.52. The lowest BCUT2D eigenvalue weighted by Gasteiger charge is -2.32. The minimum Gasteiger partial charge on any atom is -0.444 e. The minimum absolute atomic E-state index is 0.0384. The Bertz CT molecular complexity index is 1120. The number of piperidine rings is 1. The van der Waals surface area contributed by atoms with E-state index in [9.17, 15) is 9.59 Å². The number of ether oxygens (including phenoxy) is 1.